The van der Waals surface area contributed by atoms with Gasteiger partial charge in [-0.05, 0) is 31.0 Å². The standard InChI is InChI=1S/C15H18ClN3O2/c16-12-3-4-15(20)11(6-12)7-17-13-8-18-19(9-13)10-14-2-1-5-21-14/h3-4,6,8-9,14,17,20H,1-2,5,7,10H2. The van der Waals surface area contributed by atoms with E-state index in [0.717, 1.165) is 37.2 Å². The summed E-state index contributed by atoms with van der Waals surface area (Å²) in [5, 5.41) is 17.9. The van der Waals surface area contributed by atoms with E-state index in [1.807, 2.05) is 10.9 Å². The second kappa shape index (κ2) is 6.37. The third kappa shape index (κ3) is 3.68. The molecule has 0 bridgehead atoms. The topological polar surface area (TPSA) is 59.3 Å². The lowest BCUT2D eigenvalue weighted by molar-refractivity contribution is 0.0940. The maximum atomic E-state index is 9.77. The molecule has 21 heavy (non-hydrogen) atoms. The zero-order valence-electron chi connectivity index (χ0n) is 11.6. The van der Waals surface area contributed by atoms with Crippen LogP contribution in [0.3, 0.4) is 0 Å². The fourth-order valence-electron chi connectivity index (χ4n) is 2.44. The van der Waals surface area contributed by atoms with Crippen molar-refractivity contribution < 1.29 is 9.84 Å². The Hall–Kier alpha value is -1.72. The molecule has 1 fully saturated rings. The van der Waals surface area contributed by atoms with Gasteiger partial charge in [0.25, 0.3) is 0 Å². The summed E-state index contributed by atoms with van der Waals surface area (Å²) in [5.41, 5.74) is 1.67. The van der Waals surface area contributed by atoms with E-state index in [9.17, 15) is 5.11 Å². The van der Waals surface area contributed by atoms with Gasteiger partial charge in [0.05, 0.1) is 24.5 Å². The first-order valence-electron chi connectivity index (χ1n) is 7.06. The summed E-state index contributed by atoms with van der Waals surface area (Å²) in [7, 11) is 0. The quantitative estimate of drug-likeness (QED) is 0.891. The molecule has 2 heterocycles. The third-order valence-electron chi connectivity index (χ3n) is 3.57. The summed E-state index contributed by atoms with van der Waals surface area (Å²) in [5.74, 6) is 0.235. The Morgan fingerprint density at radius 3 is 3.19 bits per heavy atom. The fourth-order valence-corrected chi connectivity index (χ4v) is 2.64. The number of ether oxygens (including phenoxy) is 1. The number of anilines is 1. The molecule has 1 aromatic carbocycles. The maximum Gasteiger partial charge on any atom is 0.120 e. The van der Waals surface area contributed by atoms with E-state index in [0.29, 0.717) is 11.6 Å². The Labute approximate surface area is 128 Å². The number of phenols is 1. The van der Waals surface area contributed by atoms with Crippen molar-refractivity contribution in [3.63, 3.8) is 0 Å². The molecule has 112 valence electrons. The smallest absolute Gasteiger partial charge is 0.120 e. The van der Waals surface area contributed by atoms with Crippen molar-refractivity contribution in [2.75, 3.05) is 11.9 Å². The van der Waals surface area contributed by atoms with Crippen molar-refractivity contribution >= 4 is 17.3 Å². The summed E-state index contributed by atoms with van der Waals surface area (Å²) in [6, 6.07) is 5.01. The fraction of sp³-hybridized carbons (Fsp3) is 0.400. The Morgan fingerprint density at radius 2 is 2.38 bits per heavy atom. The Kier molecular flexibility index (Phi) is 4.31. The molecule has 2 aromatic rings. The molecule has 1 atom stereocenters. The minimum atomic E-state index is 0.235. The Balaban J connectivity index is 1.58. The highest BCUT2D eigenvalue weighted by atomic mass is 35.5. The number of hydrogen-bond acceptors (Lipinski definition) is 4. The molecule has 5 nitrogen and oxygen atoms in total. The van der Waals surface area contributed by atoms with E-state index < -0.39 is 0 Å². The van der Waals surface area contributed by atoms with Crippen molar-refractivity contribution in [2.45, 2.75) is 32.0 Å². The lowest BCUT2D eigenvalue weighted by atomic mass is 10.2. The number of aromatic hydroxyl groups is 1. The van der Waals surface area contributed by atoms with Gasteiger partial charge in [0.1, 0.15) is 5.75 Å². The van der Waals surface area contributed by atoms with Crippen molar-refractivity contribution in [1.29, 1.82) is 0 Å². The largest absolute Gasteiger partial charge is 0.508 e. The van der Waals surface area contributed by atoms with Crippen LogP contribution in [0.1, 0.15) is 18.4 Å². The molecule has 1 aliphatic heterocycles. The molecule has 0 aliphatic carbocycles. The molecular formula is C15H18ClN3O2. The molecule has 2 N–H and O–H groups in total. The van der Waals surface area contributed by atoms with E-state index in [4.69, 9.17) is 16.3 Å². The van der Waals surface area contributed by atoms with Gasteiger partial charge in [0, 0.05) is 29.9 Å². The molecular weight excluding hydrogens is 290 g/mol. The van der Waals surface area contributed by atoms with Crippen molar-refractivity contribution in [1.82, 2.24) is 9.78 Å². The van der Waals surface area contributed by atoms with Gasteiger partial charge < -0.3 is 15.2 Å². The van der Waals surface area contributed by atoms with E-state index in [1.54, 1.807) is 24.4 Å². The van der Waals surface area contributed by atoms with Gasteiger partial charge in [-0.2, -0.15) is 5.10 Å². The molecule has 6 heteroatoms. The first kappa shape index (κ1) is 14.2. The lowest BCUT2D eigenvalue weighted by Crippen LogP contribution is -2.15. The van der Waals surface area contributed by atoms with Crippen LogP contribution in [0.15, 0.2) is 30.6 Å². The average molecular weight is 308 g/mol. The molecule has 1 saturated heterocycles. The van der Waals surface area contributed by atoms with E-state index in [2.05, 4.69) is 10.4 Å². The Bertz CT molecular complexity index is 609. The first-order valence-corrected chi connectivity index (χ1v) is 7.44. The van der Waals surface area contributed by atoms with E-state index in [-0.39, 0.29) is 11.9 Å². The summed E-state index contributed by atoms with van der Waals surface area (Å²) < 4.78 is 7.48. The predicted octanol–water partition coefficient (Wildman–Crippen LogP) is 3.03. The lowest BCUT2D eigenvalue weighted by Gasteiger charge is -2.09. The van der Waals surface area contributed by atoms with Crippen LogP contribution in [-0.2, 0) is 17.8 Å². The highest BCUT2D eigenvalue weighted by molar-refractivity contribution is 6.30. The van der Waals surface area contributed by atoms with Gasteiger partial charge in [-0.3, -0.25) is 4.68 Å². The molecule has 0 saturated carbocycles. The van der Waals surface area contributed by atoms with Crippen LogP contribution in [0.4, 0.5) is 5.69 Å². The van der Waals surface area contributed by atoms with Crippen molar-refractivity contribution in [3.8, 4) is 5.75 Å². The van der Waals surface area contributed by atoms with Gasteiger partial charge >= 0.3 is 0 Å². The SMILES string of the molecule is Oc1ccc(Cl)cc1CNc1cnn(CC2CCCO2)c1. The van der Waals surface area contributed by atoms with Crippen molar-refractivity contribution in [2.24, 2.45) is 0 Å². The second-order valence-electron chi connectivity index (χ2n) is 5.21. The number of nitrogens with zero attached hydrogens (tertiary/aromatic N) is 2. The van der Waals surface area contributed by atoms with Crippen molar-refractivity contribution in [3.05, 3.63) is 41.2 Å². The first-order chi connectivity index (χ1) is 10.2. The Morgan fingerprint density at radius 1 is 1.48 bits per heavy atom. The second-order valence-corrected chi connectivity index (χ2v) is 5.65. The summed E-state index contributed by atoms with van der Waals surface area (Å²) >= 11 is 5.93. The van der Waals surface area contributed by atoms with Crippen LogP contribution in [0.5, 0.6) is 5.75 Å². The predicted molar refractivity (Wildman–Crippen MR) is 81.6 cm³/mol. The molecule has 0 spiro atoms. The van der Waals surface area contributed by atoms with Crippen LogP contribution in [-0.4, -0.2) is 27.6 Å². The van der Waals surface area contributed by atoms with E-state index >= 15 is 0 Å². The van der Waals surface area contributed by atoms with Crippen LogP contribution >= 0.6 is 11.6 Å². The average Bonchev–Trinajstić information content (AvgIpc) is 3.12. The molecule has 0 amide bonds. The number of aromatic nitrogens is 2. The number of phenolic OH excluding ortho intramolecular Hbond substituents is 1. The monoisotopic (exact) mass is 307 g/mol. The zero-order chi connectivity index (χ0) is 14.7. The molecule has 0 radical (unpaired) electrons. The summed E-state index contributed by atoms with van der Waals surface area (Å²) in [4.78, 5) is 0. The minimum Gasteiger partial charge on any atom is -0.508 e. The number of halogens is 1. The van der Waals surface area contributed by atoms with Gasteiger partial charge in [-0.1, -0.05) is 11.6 Å². The van der Waals surface area contributed by atoms with Crippen LogP contribution in [0.2, 0.25) is 5.02 Å². The molecule has 1 aromatic heterocycles. The number of nitrogens with one attached hydrogen (secondary N) is 1. The van der Waals surface area contributed by atoms with Gasteiger partial charge in [0.15, 0.2) is 0 Å². The summed E-state index contributed by atoms with van der Waals surface area (Å²) in [6.45, 7) is 2.13. The molecule has 1 aliphatic rings. The van der Waals surface area contributed by atoms with Gasteiger partial charge in [-0.25, -0.2) is 0 Å². The highest BCUT2D eigenvalue weighted by Crippen LogP contribution is 2.22. The van der Waals surface area contributed by atoms with Crippen LogP contribution in [0.25, 0.3) is 0 Å². The number of benzene rings is 1. The maximum absolute atomic E-state index is 9.77. The molecule has 1 unspecified atom stereocenters. The summed E-state index contributed by atoms with van der Waals surface area (Å²) in [6.07, 6.45) is 6.22. The molecule has 3 rings (SSSR count). The highest BCUT2D eigenvalue weighted by Gasteiger charge is 2.16. The normalized spacial score (nSPS) is 18.0. The van der Waals surface area contributed by atoms with Crippen LogP contribution < -0.4 is 5.32 Å². The minimum absolute atomic E-state index is 0.235. The van der Waals surface area contributed by atoms with Crippen LogP contribution in [0, 0.1) is 0 Å². The van der Waals surface area contributed by atoms with Gasteiger partial charge in [0.2, 0.25) is 0 Å². The van der Waals surface area contributed by atoms with Gasteiger partial charge in [-0.15, -0.1) is 0 Å². The third-order valence-corrected chi connectivity index (χ3v) is 3.81. The number of rotatable bonds is 5. The zero-order valence-corrected chi connectivity index (χ0v) is 12.4. The number of hydrogen-bond donors (Lipinski definition) is 2. The van der Waals surface area contributed by atoms with E-state index in [1.165, 1.54) is 0 Å².